The molecule has 1 atom stereocenters. The summed E-state index contributed by atoms with van der Waals surface area (Å²) in [6.07, 6.45) is 1.18. The van der Waals surface area contributed by atoms with Crippen molar-refractivity contribution in [3.8, 4) is 0 Å². The predicted octanol–water partition coefficient (Wildman–Crippen LogP) is 1.31. The van der Waals surface area contributed by atoms with E-state index in [2.05, 4.69) is 0 Å². The lowest BCUT2D eigenvalue weighted by Crippen LogP contribution is -2.31. The molecule has 1 aromatic rings. The van der Waals surface area contributed by atoms with Crippen LogP contribution in [0.2, 0.25) is 0 Å². The predicted molar refractivity (Wildman–Crippen MR) is 78.3 cm³/mol. The van der Waals surface area contributed by atoms with E-state index in [1.54, 1.807) is 48.0 Å². The summed E-state index contributed by atoms with van der Waals surface area (Å²) in [6.45, 7) is 1.03. The number of rotatable bonds is 5. The normalized spacial score (nSPS) is 19.6. The number of amides is 1. The second-order valence-electron chi connectivity index (χ2n) is 4.58. The number of hydrogen-bond donors (Lipinski definition) is 0. The van der Waals surface area contributed by atoms with Gasteiger partial charge < -0.3 is 9.64 Å². The summed E-state index contributed by atoms with van der Waals surface area (Å²) < 4.78 is 27.9. The number of hydrogen-bond acceptors (Lipinski definition) is 5. The third kappa shape index (κ3) is 3.34. The highest BCUT2D eigenvalue weighted by molar-refractivity contribution is 8.00. The molecular formula is C13H17NO4S2. The van der Waals surface area contributed by atoms with E-state index in [-0.39, 0.29) is 11.3 Å². The van der Waals surface area contributed by atoms with Crippen LogP contribution in [-0.4, -0.2) is 51.5 Å². The Hall–Kier alpha value is -1.05. The quantitative estimate of drug-likeness (QED) is 0.820. The zero-order valence-corrected chi connectivity index (χ0v) is 13.0. The molecule has 0 N–H and O–H groups in total. The first-order valence-corrected chi connectivity index (χ1v) is 9.07. The highest BCUT2D eigenvalue weighted by atomic mass is 32.2. The van der Waals surface area contributed by atoms with Gasteiger partial charge in [0.15, 0.2) is 9.84 Å². The van der Waals surface area contributed by atoms with Crippen LogP contribution in [0.5, 0.6) is 0 Å². The SMILES string of the molecule is COCCN1C(=O)CSC1c1ccc(S(C)(=O)=O)cc1. The van der Waals surface area contributed by atoms with Gasteiger partial charge in [0.1, 0.15) is 5.37 Å². The maximum Gasteiger partial charge on any atom is 0.233 e. The largest absolute Gasteiger partial charge is 0.383 e. The summed E-state index contributed by atoms with van der Waals surface area (Å²) in [4.78, 5) is 13.9. The average molecular weight is 315 g/mol. The number of thioether (sulfide) groups is 1. The molecule has 0 bridgehead atoms. The Bertz CT molecular complexity index is 583. The Morgan fingerprint density at radius 1 is 1.35 bits per heavy atom. The van der Waals surface area contributed by atoms with Crippen molar-refractivity contribution in [3.05, 3.63) is 29.8 Å². The van der Waals surface area contributed by atoms with Crippen LogP contribution in [0.3, 0.4) is 0 Å². The van der Waals surface area contributed by atoms with Gasteiger partial charge in [0.25, 0.3) is 0 Å². The van der Waals surface area contributed by atoms with Crippen LogP contribution in [-0.2, 0) is 19.4 Å². The standard InChI is InChI=1S/C13H17NO4S2/c1-18-8-7-14-12(15)9-19-13(14)10-3-5-11(6-4-10)20(2,16)17/h3-6,13H,7-9H2,1-2H3. The summed E-state index contributed by atoms with van der Waals surface area (Å²) in [6, 6.07) is 6.71. The van der Waals surface area contributed by atoms with Gasteiger partial charge in [0.05, 0.1) is 17.3 Å². The molecule has 1 aromatic carbocycles. The number of carbonyl (C=O) groups excluding carboxylic acids is 1. The fraction of sp³-hybridized carbons (Fsp3) is 0.462. The number of sulfone groups is 1. The average Bonchev–Trinajstić information content (AvgIpc) is 2.77. The number of ether oxygens (including phenoxy) is 1. The van der Waals surface area contributed by atoms with E-state index in [1.807, 2.05) is 0 Å². The highest BCUT2D eigenvalue weighted by Crippen LogP contribution is 2.38. The van der Waals surface area contributed by atoms with E-state index in [1.165, 1.54) is 6.26 Å². The number of nitrogens with zero attached hydrogens (tertiary/aromatic N) is 1. The van der Waals surface area contributed by atoms with Gasteiger partial charge in [-0.2, -0.15) is 0 Å². The molecule has 1 unspecified atom stereocenters. The summed E-state index contributed by atoms with van der Waals surface area (Å²) in [5, 5.41) is -0.0636. The zero-order chi connectivity index (χ0) is 14.8. The molecule has 7 heteroatoms. The molecule has 1 heterocycles. The van der Waals surface area contributed by atoms with Crippen molar-refractivity contribution < 1.29 is 17.9 Å². The minimum absolute atomic E-state index is 0.0636. The van der Waals surface area contributed by atoms with Gasteiger partial charge in [-0.1, -0.05) is 12.1 Å². The van der Waals surface area contributed by atoms with E-state index < -0.39 is 9.84 Å². The Morgan fingerprint density at radius 3 is 2.55 bits per heavy atom. The Labute approximate surface area is 123 Å². The monoisotopic (exact) mass is 315 g/mol. The van der Waals surface area contributed by atoms with E-state index in [9.17, 15) is 13.2 Å². The van der Waals surface area contributed by atoms with Gasteiger partial charge >= 0.3 is 0 Å². The van der Waals surface area contributed by atoms with Crippen LogP contribution in [0.25, 0.3) is 0 Å². The lowest BCUT2D eigenvalue weighted by Gasteiger charge is -2.24. The zero-order valence-electron chi connectivity index (χ0n) is 11.4. The Kier molecular flexibility index (Phi) is 4.72. The number of methoxy groups -OCH3 is 1. The maximum absolute atomic E-state index is 11.8. The van der Waals surface area contributed by atoms with E-state index in [0.717, 1.165) is 5.56 Å². The molecule has 1 saturated heterocycles. The third-order valence-corrected chi connectivity index (χ3v) is 5.48. The molecule has 0 aromatic heterocycles. The first-order valence-electron chi connectivity index (χ1n) is 6.13. The molecule has 1 amide bonds. The van der Waals surface area contributed by atoms with Crippen LogP contribution >= 0.6 is 11.8 Å². The lowest BCUT2D eigenvalue weighted by atomic mass is 10.2. The van der Waals surface area contributed by atoms with Crippen molar-refractivity contribution in [1.29, 1.82) is 0 Å². The fourth-order valence-corrected chi connectivity index (χ4v) is 3.89. The molecule has 5 nitrogen and oxygen atoms in total. The number of benzene rings is 1. The molecule has 1 aliphatic heterocycles. The van der Waals surface area contributed by atoms with Crippen LogP contribution in [0.1, 0.15) is 10.9 Å². The minimum atomic E-state index is -3.19. The Morgan fingerprint density at radius 2 is 2.00 bits per heavy atom. The smallest absolute Gasteiger partial charge is 0.233 e. The molecule has 0 saturated carbocycles. The Balaban J connectivity index is 2.20. The second kappa shape index (κ2) is 6.15. The summed E-state index contributed by atoms with van der Waals surface area (Å²) >= 11 is 1.55. The van der Waals surface area contributed by atoms with Gasteiger partial charge in [0, 0.05) is 19.9 Å². The fourth-order valence-electron chi connectivity index (χ4n) is 2.04. The van der Waals surface area contributed by atoms with Crippen molar-refractivity contribution in [2.24, 2.45) is 0 Å². The van der Waals surface area contributed by atoms with E-state index >= 15 is 0 Å². The molecule has 0 radical (unpaired) electrons. The van der Waals surface area contributed by atoms with Crippen LogP contribution in [0.15, 0.2) is 29.2 Å². The maximum atomic E-state index is 11.8. The highest BCUT2D eigenvalue weighted by Gasteiger charge is 2.32. The minimum Gasteiger partial charge on any atom is -0.383 e. The van der Waals surface area contributed by atoms with Crippen LogP contribution in [0, 0.1) is 0 Å². The lowest BCUT2D eigenvalue weighted by molar-refractivity contribution is -0.128. The summed E-state index contributed by atoms with van der Waals surface area (Å²) in [7, 11) is -1.59. The number of carbonyl (C=O) groups is 1. The van der Waals surface area contributed by atoms with E-state index in [0.29, 0.717) is 23.8 Å². The molecule has 0 aliphatic carbocycles. The van der Waals surface area contributed by atoms with Crippen molar-refractivity contribution >= 4 is 27.5 Å². The van der Waals surface area contributed by atoms with Crippen LogP contribution < -0.4 is 0 Å². The molecule has 110 valence electrons. The van der Waals surface area contributed by atoms with Crippen molar-refractivity contribution in [2.75, 3.05) is 32.3 Å². The van der Waals surface area contributed by atoms with Gasteiger partial charge in [0.2, 0.25) is 5.91 Å². The van der Waals surface area contributed by atoms with Crippen molar-refractivity contribution in [1.82, 2.24) is 4.90 Å². The molecule has 2 rings (SSSR count). The first-order chi connectivity index (χ1) is 9.43. The van der Waals surface area contributed by atoms with Gasteiger partial charge in [-0.05, 0) is 17.7 Å². The molecule has 20 heavy (non-hydrogen) atoms. The molecular weight excluding hydrogens is 298 g/mol. The van der Waals surface area contributed by atoms with Gasteiger partial charge in [-0.3, -0.25) is 4.79 Å². The second-order valence-corrected chi connectivity index (χ2v) is 7.67. The molecule has 1 aliphatic rings. The summed E-state index contributed by atoms with van der Waals surface area (Å²) in [5.74, 6) is 0.534. The van der Waals surface area contributed by atoms with Gasteiger partial charge in [-0.25, -0.2) is 8.42 Å². The van der Waals surface area contributed by atoms with Crippen molar-refractivity contribution in [3.63, 3.8) is 0 Å². The summed E-state index contributed by atoms with van der Waals surface area (Å²) in [5.41, 5.74) is 0.935. The van der Waals surface area contributed by atoms with E-state index in [4.69, 9.17) is 4.74 Å². The third-order valence-electron chi connectivity index (χ3n) is 3.10. The first kappa shape index (κ1) is 15.3. The topological polar surface area (TPSA) is 63.7 Å². The molecule has 1 fully saturated rings. The molecule has 0 spiro atoms. The van der Waals surface area contributed by atoms with Gasteiger partial charge in [-0.15, -0.1) is 11.8 Å². The van der Waals surface area contributed by atoms with Crippen LogP contribution in [0.4, 0.5) is 0 Å². The van der Waals surface area contributed by atoms with Crippen molar-refractivity contribution in [2.45, 2.75) is 10.3 Å².